The second-order valence-electron chi connectivity index (χ2n) is 4.75. The van der Waals surface area contributed by atoms with E-state index in [4.69, 9.17) is 5.73 Å². The van der Waals surface area contributed by atoms with E-state index < -0.39 is 0 Å². The quantitative estimate of drug-likeness (QED) is 0.216. The number of hydrazone groups is 1. The average molecular weight is 649 g/mol. The molecule has 0 spiro atoms. The maximum atomic E-state index is 9.92. The van der Waals surface area contributed by atoms with Crippen LogP contribution in [0.3, 0.4) is 0 Å². The summed E-state index contributed by atoms with van der Waals surface area (Å²) in [5.41, 5.74) is 9.05. The molecule has 0 atom stereocenters. The lowest BCUT2D eigenvalue weighted by atomic mass is 10.2. The lowest BCUT2D eigenvalue weighted by Gasteiger charge is -2.03. The molecule has 5 N–H and O–H groups in total. The van der Waals surface area contributed by atoms with Crippen LogP contribution in [-0.4, -0.2) is 28.6 Å². The SMILES string of the molecule is Cl.N/C(=N\N=C\c1cc(Br)cc(Br)c1O)N/N=C/c1cc(Br)cc(Br)c1O. The Kier molecular flexibility index (Phi) is 9.74. The molecule has 7 nitrogen and oxygen atoms in total. The second-order valence-corrected chi connectivity index (χ2v) is 8.29. The molecule has 0 aliphatic carbocycles. The summed E-state index contributed by atoms with van der Waals surface area (Å²) in [6.45, 7) is 0. The van der Waals surface area contributed by atoms with Crippen LogP contribution in [0, 0.1) is 0 Å². The zero-order valence-corrected chi connectivity index (χ0v) is 20.4. The number of rotatable bonds is 4. The van der Waals surface area contributed by atoms with E-state index in [2.05, 4.69) is 84.4 Å². The van der Waals surface area contributed by atoms with Crippen molar-refractivity contribution in [3.05, 3.63) is 53.3 Å². The fraction of sp³-hybridized carbons (Fsp3) is 0. The van der Waals surface area contributed by atoms with Crippen molar-refractivity contribution in [2.24, 2.45) is 21.0 Å². The van der Waals surface area contributed by atoms with Crippen LogP contribution in [0.25, 0.3) is 0 Å². The molecule has 0 fully saturated rings. The first-order valence-electron chi connectivity index (χ1n) is 6.79. The van der Waals surface area contributed by atoms with Crippen molar-refractivity contribution in [2.45, 2.75) is 0 Å². The Morgan fingerprint density at radius 2 is 1.37 bits per heavy atom. The molecule has 0 amide bonds. The molecule has 27 heavy (non-hydrogen) atoms. The molecule has 0 bridgehead atoms. The number of nitrogens with one attached hydrogen (secondary N) is 1. The Bertz CT molecular complexity index is 922. The van der Waals surface area contributed by atoms with E-state index in [1.54, 1.807) is 24.3 Å². The molecule has 0 unspecified atom stereocenters. The van der Waals surface area contributed by atoms with Gasteiger partial charge in [-0.15, -0.1) is 17.5 Å². The van der Waals surface area contributed by atoms with Crippen LogP contribution in [0.15, 0.2) is 57.5 Å². The first-order valence-corrected chi connectivity index (χ1v) is 9.96. The largest absolute Gasteiger partial charge is 0.506 e. The number of phenols is 2. The first-order chi connectivity index (χ1) is 12.3. The number of aromatic hydroxyl groups is 2. The number of phenolic OH excluding ortho intramolecular Hbond substituents is 2. The topological polar surface area (TPSA) is 116 Å². The van der Waals surface area contributed by atoms with Crippen molar-refractivity contribution in [2.75, 3.05) is 0 Å². The van der Waals surface area contributed by atoms with Crippen LogP contribution in [-0.2, 0) is 0 Å². The Balaban J connectivity index is 0.00000364. The highest BCUT2D eigenvalue weighted by Crippen LogP contribution is 2.31. The summed E-state index contributed by atoms with van der Waals surface area (Å²) in [6, 6.07) is 6.77. The fourth-order valence-electron chi connectivity index (χ4n) is 1.71. The minimum absolute atomic E-state index is 0. The van der Waals surface area contributed by atoms with Gasteiger partial charge in [-0.1, -0.05) is 31.9 Å². The maximum Gasteiger partial charge on any atom is 0.234 e. The molecule has 12 heteroatoms. The number of guanidine groups is 1. The van der Waals surface area contributed by atoms with Gasteiger partial charge in [0.05, 0.1) is 21.4 Å². The van der Waals surface area contributed by atoms with E-state index in [0.29, 0.717) is 20.1 Å². The van der Waals surface area contributed by atoms with Gasteiger partial charge in [0.15, 0.2) is 0 Å². The third kappa shape index (κ3) is 7.07. The number of halogens is 5. The predicted octanol–water partition coefficient (Wildman–Crippen LogP) is 4.84. The molecule has 2 aromatic carbocycles. The molecule has 0 aliphatic rings. The number of nitrogens with two attached hydrogens (primary N) is 1. The highest BCUT2D eigenvalue weighted by atomic mass is 79.9. The molecular formula is C15H12Br4ClN5O2. The summed E-state index contributed by atoms with van der Waals surface area (Å²) in [7, 11) is 0. The van der Waals surface area contributed by atoms with E-state index in [1.165, 1.54) is 12.4 Å². The average Bonchev–Trinajstić information content (AvgIpc) is 2.56. The van der Waals surface area contributed by atoms with Gasteiger partial charge in [-0.2, -0.15) is 10.2 Å². The molecule has 0 saturated heterocycles. The molecule has 2 aromatic rings. The monoisotopic (exact) mass is 645 g/mol. The molecule has 0 aliphatic heterocycles. The third-order valence-electron chi connectivity index (χ3n) is 2.86. The van der Waals surface area contributed by atoms with Crippen LogP contribution >= 0.6 is 76.1 Å². The number of hydrogen-bond acceptors (Lipinski definition) is 5. The van der Waals surface area contributed by atoms with Gasteiger partial charge >= 0.3 is 0 Å². The highest BCUT2D eigenvalue weighted by Gasteiger charge is 2.06. The summed E-state index contributed by atoms with van der Waals surface area (Å²) in [6.07, 6.45) is 2.73. The van der Waals surface area contributed by atoms with Crippen molar-refractivity contribution in [1.82, 2.24) is 5.43 Å². The molecule has 2 rings (SSSR count). The van der Waals surface area contributed by atoms with Crippen LogP contribution in [0.4, 0.5) is 0 Å². The highest BCUT2D eigenvalue weighted by molar-refractivity contribution is 9.11. The van der Waals surface area contributed by atoms with Gasteiger partial charge in [0.25, 0.3) is 0 Å². The summed E-state index contributed by atoms with van der Waals surface area (Å²) in [4.78, 5) is 0. The fourth-order valence-corrected chi connectivity index (χ4v) is 4.23. The number of nitrogens with zero attached hydrogens (tertiary/aromatic N) is 3. The minimum atomic E-state index is -0.0698. The number of hydrogen-bond donors (Lipinski definition) is 4. The van der Waals surface area contributed by atoms with Gasteiger partial charge in [-0.25, -0.2) is 5.43 Å². The van der Waals surface area contributed by atoms with Crippen molar-refractivity contribution in [1.29, 1.82) is 0 Å². The van der Waals surface area contributed by atoms with Crippen molar-refractivity contribution in [3.63, 3.8) is 0 Å². The summed E-state index contributed by atoms with van der Waals surface area (Å²) < 4.78 is 2.59. The van der Waals surface area contributed by atoms with Gasteiger partial charge < -0.3 is 15.9 Å². The number of benzene rings is 2. The van der Waals surface area contributed by atoms with Crippen LogP contribution in [0.5, 0.6) is 11.5 Å². The van der Waals surface area contributed by atoms with Gasteiger partial charge in [-0.05, 0) is 56.1 Å². The van der Waals surface area contributed by atoms with E-state index in [1.807, 2.05) is 0 Å². The molecule has 0 saturated carbocycles. The van der Waals surface area contributed by atoms with Gasteiger partial charge in [-0.3, -0.25) is 0 Å². The van der Waals surface area contributed by atoms with Crippen LogP contribution < -0.4 is 11.2 Å². The normalized spacial score (nSPS) is 11.8. The Hall–Kier alpha value is -1.14. The predicted molar refractivity (Wildman–Crippen MR) is 124 cm³/mol. The Morgan fingerprint density at radius 1 is 0.889 bits per heavy atom. The lowest BCUT2D eigenvalue weighted by molar-refractivity contribution is 0.470. The van der Waals surface area contributed by atoms with E-state index in [-0.39, 0.29) is 29.9 Å². The smallest absolute Gasteiger partial charge is 0.234 e. The van der Waals surface area contributed by atoms with Crippen molar-refractivity contribution in [3.8, 4) is 11.5 Å². The van der Waals surface area contributed by atoms with Crippen molar-refractivity contribution < 1.29 is 10.2 Å². The zero-order chi connectivity index (χ0) is 19.3. The van der Waals surface area contributed by atoms with Crippen molar-refractivity contribution >= 4 is 94.5 Å². The van der Waals surface area contributed by atoms with Crippen LogP contribution in [0.1, 0.15) is 11.1 Å². The van der Waals surface area contributed by atoms with E-state index in [0.717, 1.165) is 8.95 Å². The summed E-state index contributed by atoms with van der Waals surface area (Å²) >= 11 is 13.1. The molecule has 0 radical (unpaired) electrons. The molecule has 144 valence electrons. The summed E-state index contributed by atoms with van der Waals surface area (Å²) in [5.74, 6) is 0.00926. The van der Waals surface area contributed by atoms with Crippen LogP contribution in [0.2, 0.25) is 0 Å². The first kappa shape index (κ1) is 23.9. The second kappa shape index (κ2) is 11.0. The van der Waals surface area contributed by atoms with Gasteiger partial charge in [0.2, 0.25) is 5.96 Å². The standard InChI is InChI=1S/C15H11Br4N5O2.ClH/c16-9-1-7(13(25)11(18)3-9)5-21-23-15(20)24-22-6-8-2-10(17)4-12(19)14(8)26;/h1-6,25-26H,(H3,20,23,24);1H/b21-5+,22-6+;. The van der Waals surface area contributed by atoms with E-state index in [9.17, 15) is 10.2 Å². The Morgan fingerprint density at radius 3 is 1.89 bits per heavy atom. The maximum absolute atomic E-state index is 9.92. The molecular weight excluding hydrogens is 637 g/mol. The zero-order valence-electron chi connectivity index (χ0n) is 13.2. The summed E-state index contributed by atoms with van der Waals surface area (Å²) in [5, 5.41) is 31.2. The van der Waals surface area contributed by atoms with Gasteiger partial charge in [0, 0.05) is 20.1 Å². The van der Waals surface area contributed by atoms with Gasteiger partial charge in [0.1, 0.15) is 11.5 Å². The Labute approximate surface area is 194 Å². The molecule has 0 heterocycles. The lowest BCUT2D eigenvalue weighted by Crippen LogP contribution is -2.26. The van der Waals surface area contributed by atoms with E-state index >= 15 is 0 Å². The molecule has 0 aromatic heterocycles. The minimum Gasteiger partial charge on any atom is -0.506 e. The third-order valence-corrected chi connectivity index (χ3v) is 4.98.